The van der Waals surface area contributed by atoms with E-state index in [0.29, 0.717) is 34.0 Å². The molecule has 0 aliphatic rings. The fraction of sp³-hybridized carbons (Fsp3) is 0.0909. The van der Waals surface area contributed by atoms with Gasteiger partial charge in [-0.25, -0.2) is 9.18 Å². The molecule has 0 bridgehead atoms. The summed E-state index contributed by atoms with van der Waals surface area (Å²) in [6.07, 6.45) is 1.66. The number of allylic oxidation sites excluding steroid dienone is 1. The summed E-state index contributed by atoms with van der Waals surface area (Å²) in [6.45, 7) is 0.0256. The predicted molar refractivity (Wildman–Crippen MR) is 103 cm³/mol. The lowest BCUT2D eigenvalue weighted by Crippen LogP contribution is -1.97. The van der Waals surface area contributed by atoms with Crippen molar-refractivity contribution in [3.8, 4) is 17.6 Å². The van der Waals surface area contributed by atoms with Crippen LogP contribution in [0.4, 0.5) is 4.39 Å². The van der Waals surface area contributed by atoms with Crippen molar-refractivity contribution >= 4 is 17.6 Å². The van der Waals surface area contributed by atoms with Crippen LogP contribution < -0.4 is 9.47 Å². The van der Waals surface area contributed by atoms with Crippen LogP contribution >= 0.6 is 0 Å². The van der Waals surface area contributed by atoms with Gasteiger partial charge in [-0.1, -0.05) is 18.2 Å². The predicted octanol–water partition coefficient (Wildman–Crippen LogP) is 4.77. The largest absolute Gasteiger partial charge is 0.493 e. The van der Waals surface area contributed by atoms with Gasteiger partial charge in [0, 0.05) is 0 Å². The molecule has 0 fully saturated rings. The molecule has 1 heterocycles. The van der Waals surface area contributed by atoms with Gasteiger partial charge >= 0.3 is 5.97 Å². The summed E-state index contributed by atoms with van der Waals surface area (Å²) in [5.41, 5.74) is 1.67. The Morgan fingerprint density at radius 3 is 2.55 bits per heavy atom. The number of furan rings is 1. The Hall–Kier alpha value is -4.05. The molecule has 0 amide bonds. The van der Waals surface area contributed by atoms with E-state index in [4.69, 9.17) is 19.0 Å². The summed E-state index contributed by atoms with van der Waals surface area (Å²) in [6, 6.07) is 15.7. The number of carboxylic acid groups (broad SMARTS) is 1. The van der Waals surface area contributed by atoms with Gasteiger partial charge < -0.3 is 19.0 Å². The molecule has 7 heteroatoms. The van der Waals surface area contributed by atoms with E-state index in [1.165, 1.54) is 43.5 Å². The molecule has 0 spiro atoms. The Morgan fingerprint density at radius 2 is 1.93 bits per heavy atom. The van der Waals surface area contributed by atoms with Gasteiger partial charge in [0.2, 0.25) is 5.76 Å². The SMILES string of the molecule is COc1cc(C=C(C#N)c2ccc(F)cc2)ccc1OCc1ccc(C(=O)O)o1. The minimum absolute atomic E-state index is 0.0256. The monoisotopic (exact) mass is 393 g/mol. The summed E-state index contributed by atoms with van der Waals surface area (Å²) in [5, 5.41) is 18.3. The third kappa shape index (κ3) is 4.82. The maximum Gasteiger partial charge on any atom is 0.371 e. The van der Waals surface area contributed by atoms with Gasteiger partial charge in [0.1, 0.15) is 18.2 Å². The number of ether oxygens (including phenoxy) is 2. The van der Waals surface area contributed by atoms with Gasteiger partial charge in [-0.3, -0.25) is 0 Å². The van der Waals surface area contributed by atoms with Crippen LogP contribution in [0, 0.1) is 17.1 Å². The van der Waals surface area contributed by atoms with Gasteiger partial charge in [-0.05, 0) is 53.6 Å². The third-order valence-electron chi connectivity index (χ3n) is 4.02. The molecule has 1 N–H and O–H groups in total. The number of hydrogen-bond donors (Lipinski definition) is 1. The first kappa shape index (κ1) is 19.7. The molecular formula is C22H16FNO5. The van der Waals surface area contributed by atoms with Gasteiger partial charge in [0.15, 0.2) is 11.5 Å². The van der Waals surface area contributed by atoms with E-state index < -0.39 is 5.97 Å². The van der Waals surface area contributed by atoms with Crippen LogP contribution in [-0.4, -0.2) is 18.2 Å². The van der Waals surface area contributed by atoms with E-state index in [9.17, 15) is 14.4 Å². The maximum atomic E-state index is 13.1. The first-order chi connectivity index (χ1) is 14.0. The minimum atomic E-state index is -1.15. The van der Waals surface area contributed by atoms with Crippen LogP contribution in [0.5, 0.6) is 11.5 Å². The van der Waals surface area contributed by atoms with E-state index in [1.54, 1.807) is 24.3 Å². The smallest absolute Gasteiger partial charge is 0.371 e. The highest BCUT2D eigenvalue weighted by Gasteiger charge is 2.11. The molecule has 0 unspecified atom stereocenters. The first-order valence-corrected chi connectivity index (χ1v) is 8.50. The highest BCUT2D eigenvalue weighted by Crippen LogP contribution is 2.30. The third-order valence-corrected chi connectivity index (χ3v) is 4.02. The molecule has 0 saturated carbocycles. The molecule has 0 aliphatic heterocycles. The zero-order valence-electron chi connectivity index (χ0n) is 15.4. The molecule has 1 aromatic heterocycles. The Labute approximate surface area is 166 Å². The molecule has 2 aromatic carbocycles. The number of aromatic carboxylic acids is 1. The van der Waals surface area contributed by atoms with E-state index >= 15 is 0 Å². The number of nitrogens with zero attached hydrogens (tertiary/aromatic N) is 1. The van der Waals surface area contributed by atoms with Crippen molar-refractivity contribution in [2.24, 2.45) is 0 Å². The highest BCUT2D eigenvalue weighted by atomic mass is 19.1. The normalized spacial score (nSPS) is 11.0. The Kier molecular flexibility index (Phi) is 5.95. The van der Waals surface area contributed by atoms with Crippen LogP contribution in [0.3, 0.4) is 0 Å². The minimum Gasteiger partial charge on any atom is -0.493 e. The molecular weight excluding hydrogens is 377 g/mol. The summed E-state index contributed by atoms with van der Waals surface area (Å²) in [7, 11) is 1.48. The number of carbonyl (C=O) groups is 1. The molecule has 146 valence electrons. The first-order valence-electron chi connectivity index (χ1n) is 8.50. The molecule has 6 nitrogen and oxygen atoms in total. The van der Waals surface area contributed by atoms with E-state index in [2.05, 4.69) is 6.07 Å². The molecule has 0 atom stereocenters. The van der Waals surface area contributed by atoms with Crippen molar-refractivity contribution in [3.05, 3.63) is 83.1 Å². The number of methoxy groups -OCH3 is 1. The van der Waals surface area contributed by atoms with Crippen LogP contribution in [0.1, 0.15) is 27.4 Å². The summed E-state index contributed by atoms with van der Waals surface area (Å²) in [5.74, 6) is -0.476. The topological polar surface area (TPSA) is 92.7 Å². The van der Waals surface area contributed by atoms with Crippen molar-refractivity contribution in [2.45, 2.75) is 6.61 Å². The molecule has 0 radical (unpaired) electrons. The van der Waals surface area contributed by atoms with E-state index in [1.807, 2.05) is 0 Å². The second kappa shape index (κ2) is 8.76. The standard InChI is InChI=1S/C22H16FNO5/c1-27-21-11-14(10-16(12-24)15-3-5-17(23)6-4-15)2-8-19(21)28-13-18-7-9-20(29-18)22(25)26/h2-11H,13H2,1H3,(H,25,26). The lowest BCUT2D eigenvalue weighted by molar-refractivity contribution is 0.0658. The van der Waals surface area contributed by atoms with Gasteiger partial charge in [0.25, 0.3) is 0 Å². The number of benzene rings is 2. The van der Waals surface area contributed by atoms with E-state index in [-0.39, 0.29) is 18.2 Å². The van der Waals surface area contributed by atoms with Crippen LogP contribution in [0.2, 0.25) is 0 Å². The van der Waals surface area contributed by atoms with Crippen molar-refractivity contribution in [2.75, 3.05) is 7.11 Å². The Bertz CT molecular complexity index is 1090. The lowest BCUT2D eigenvalue weighted by atomic mass is 10.0. The summed E-state index contributed by atoms with van der Waals surface area (Å²) >= 11 is 0. The second-order valence-electron chi connectivity index (χ2n) is 5.95. The number of rotatable bonds is 7. The molecule has 29 heavy (non-hydrogen) atoms. The van der Waals surface area contributed by atoms with Crippen LogP contribution in [0.15, 0.2) is 59.0 Å². The fourth-order valence-corrected chi connectivity index (χ4v) is 2.59. The summed E-state index contributed by atoms with van der Waals surface area (Å²) in [4.78, 5) is 10.9. The van der Waals surface area contributed by atoms with Crippen molar-refractivity contribution in [1.29, 1.82) is 5.26 Å². The molecule has 3 rings (SSSR count). The molecule has 3 aromatic rings. The Balaban J connectivity index is 1.79. The zero-order valence-corrected chi connectivity index (χ0v) is 15.4. The summed E-state index contributed by atoms with van der Waals surface area (Å²) < 4.78 is 29.2. The maximum absolute atomic E-state index is 13.1. The quantitative estimate of drug-likeness (QED) is 0.459. The van der Waals surface area contributed by atoms with Crippen molar-refractivity contribution < 1.29 is 28.2 Å². The lowest BCUT2D eigenvalue weighted by Gasteiger charge is -2.10. The average Bonchev–Trinajstić information content (AvgIpc) is 3.21. The number of nitriles is 1. The molecule has 0 aliphatic carbocycles. The second-order valence-corrected chi connectivity index (χ2v) is 5.95. The van der Waals surface area contributed by atoms with Gasteiger partial charge in [0.05, 0.1) is 18.8 Å². The molecule has 0 saturated heterocycles. The highest BCUT2D eigenvalue weighted by molar-refractivity contribution is 5.89. The van der Waals surface area contributed by atoms with Crippen molar-refractivity contribution in [1.82, 2.24) is 0 Å². The van der Waals surface area contributed by atoms with Crippen molar-refractivity contribution in [3.63, 3.8) is 0 Å². The average molecular weight is 393 g/mol. The number of halogens is 1. The van der Waals surface area contributed by atoms with Gasteiger partial charge in [-0.2, -0.15) is 5.26 Å². The fourth-order valence-electron chi connectivity index (χ4n) is 2.59. The van der Waals surface area contributed by atoms with Gasteiger partial charge in [-0.15, -0.1) is 0 Å². The Morgan fingerprint density at radius 1 is 1.17 bits per heavy atom. The number of carboxylic acids is 1. The van der Waals surface area contributed by atoms with Crippen LogP contribution in [0.25, 0.3) is 11.6 Å². The number of hydrogen-bond acceptors (Lipinski definition) is 5. The van der Waals surface area contributed by atoms with E-state index in [0.717, 1.165) is 0 Å². The zero-order chi connectivity index (χ0) is 20.8. The van der Waals surface area contributed by atoms with Crippen LogP contribution in [-0.2, 0) is 6.61 Å².